The summed E-state index contributed by atoms with van der Waals surface area (Å²) in [5.74, 6) is 1.47. The van der Waals surface area contributed by atoms with Gasteiger partial charge < -0.3 is 20.3 Å². The highest BCUT2D eigenvalue weighted by Crippen LogP contribution is 2.21. The van der Waals surface area contributed by atoms with Gasteiger partial charge >= 0.3 is 0 Å². The topological polar surface area (TPSA) is 148 Å². The third kappa shape index (κ3) is 30.0. The van der Waals surface area contributed by atoms with Crippen LogP contribution in [0, 0.1) is 0 Å². The quantitative estimate of drug-likeness (QED) is 0.169. The number of carbonyl (C=O) groups excluding carboxylic acids is 2. The van der Waals surface area contributed by atoms with Crippen LogP contribution in [-0.2, 0) is 11.3 Å². The summed E-state index contributed by atoms with van der Waals surface area (Å²) in [5, 5.41) is 6.35. The lowest BCUT2D eigenvalue weighted by atomic mass is 10.2. The normalized spacial score (nSPS) is 9.45. The first-order valence-electron chi connectivity index (χ1n) is 12.5. The third-order valence-corrected chi connectivity index (χ3v) is 4.17. The number of ether oxygens (including phenoxy) is 1. The van der Waals surface area contributed by atoms with Crippen LogP contribution < -0.4 is 20.9 Å². The molecule has 5 N–H and O–H groups in total. The summed E-state index contributed by atoms with van der Waals surface area (Å²) < 4.78 is 23.1. The molecule has 11 heteroatoms. The third-order valence-electron chi connectivity index (χ3n) is 3.66. The second kappa shape index (κ2) is 31.0. The molecule has 3 aromatic carbocycles. The Morgan fingerprint density at radius 3 is 1.40 bits per heavy atom. The Hall–Kier alpha value is -2.51. The highest BCUT2D eigenvalue weighted by Gasteiger charge is 2.01. The molecular formula is C29H44N3O5S3-. The predicted molar refractivity (Wildman–Crippen MR) is 174 cm³/mol. The van der Waals surface area contributed by atoms with Gasteiger partial charge in [-0.1, -0.05) is 82.1 Å². The van der Waals surface area contributed by atoms with Gasteiger partial charge in [-0.3, -0.25) is 18.9 Å². The summed E-state index contributed by atoms with van der Waals surface area (Å²) in [6.45, 7) is 7.23. The molecule has 224 valence electrons. The Labute approximate surface area is 253 Å². The van der Waals surface area contributed by atoms with E-state index in [2.05, 4.69) is 56.5 Å². The van der Waals surface area contributed by atoms with Crippen LogP contribution in [0.5, 0.6) is 11.5 Å². The molecule has 1 unspecified atom stereocenters. The summed E-state index contributed by atoms with van der Waals surface area (Å²) in [6, 6.07) is 25.3. The molecule has 1 atom stereocenters. The van der Waals surface area contributed by atoms with E-state index in [1.165, 1.54) is 19.3 Å². The number of hydrogen-bond donors (Lipinski definition) is 5. The molecule has 0 heterocycles. The van der Waals surface area contributed by atoms with E-state index >= 15 is 0 Å². The first-order chi connectivity index (χ1) is 19.0. The molecule has 0 spiro atoms. The summed E-state index contributed by atoms with van der Waals surface area (Å²) in [7, 11) is 3.75. The fourth-order valence-electron chi connectivity index (χ4n) is 2.08. The van der Waals surface area contributed by atoms with Gasteiger partial charge in [0.15, 0.2) is 0 Å². The molecule has 0 aliphatic rings. The number of nitrogens with two attached hydrogens (primary N) is 2. The lowest BCUT2D eigenvalue weighted by Gasteiger charge is -2.05. The van der Waals surface area contributed by atoms with Gasteiger partial charge in [-0.2, -0.15) is 0 Å². The second-order valence-corrected chi connectivity index (χ2v) is 8.86. The summed E-state index contributed by atoms with van der Waals surface area (Å²) >= 11 is 5.03. The minimum atomic E-state index is -2.36. The van der Waals surface area contributed by atoms with Gasteiger partial charge in [0, 0.05) is 22.4 Å². The zero-order valence-corrected chi connectivity index (χ0v) is 26.5. The van der Waals surface area contributed by atoms with Crippen LogP contribution in [-0.4, -0.2) is 39.6 Å². The Bertz CT molecular complexity index is 1000. The van der Waals surface area contributed by atoms with Crippen LogP contribution in [0.4, 0.5) is 0 Å². The van der Waals surface area contributed by atoms with Crippen molar-refractivity contribution >= 4 is 46.8 Å². The summed E-state index contributed by atoms with van der Waals surface area (Å²) in [6.07, 6.45) is 3.64. The summed E-state index contributed by atoms with van der Waals surface area (Å²) in [5.41, 5.74) is 6.34. The average molecular weight is 611 g/mol. The van der Waals surface area contributed by atoms with E-state index in [4.69, 9.17) is 19.2 Å². The molecule has 0 amide bonds. The summed E-state index contributed by atoms with van der Waals surface area (Å²) in [4.78, 5) is 21.4. The van der Waals surface area contributed by atoms with Gasteiger partial charge in [-0.05, 0) is 63.5 Å². The van der Waals surface area contributed by atoms with E-state index in [0.717, 1.165) is 12.3 Å². The lowest BCUT2D eigenvalue weighted by molar-refractivity contribution is 0.108. The van der Waals surface area contributed by atoms with Crippen molar-refractivity contribution in [3.05, 3.63) is 96.1 Å². The molecule has 0 radical (unpaired) electrons. The van der Waals surface area contributed by atoms with E-state index in [0.29, 0.717) is 16.9 Å². The minimum Gasteiger partial charge on any atom is -0.760 e. The number of para-hydroxylation sites is 1. The maximum Gasteiger partial charge on any atom is 0.216 e. The van der Waals surface area contributed by atoms with Gasteiger partial charge in [0.1, 0.15) is 11.5 Å². The first kappa shape index (κ1) is 42.0. The van der Waals surface area contributed by atoms with Gasteiger partial charge in [-0.25, -0.2) is 0 Å². The highest BCUT2D eigenvalue weighted by molar-refractivity contribution is 7.97. The average Bonchev–Trinajstić information content (AvgIpc) is 2.92. The zero-order valence-electron chi connectivity index (χ0n) is 23.9. The van der Waals surface area contributed by atoms with Crippen molar-refractivity contribution in [2.24, 2.45) is 10.9 Å². The Kier molecular flexibility index (Phi) is 32.5. The van der Waals surface area contributed by atoms with Crippen LogP contribution in [0.3, 0.4) is 0 Å². The maximum absolute atomic E-state index is 10.9. The molecule has 3 aromatic rings. The van der Waals surface area contributed by atoms with Gasteiger partial charge in [0.05, 0.1) is 0 Å². The van der Waals surface area contributed by atoms with Gasteiger partial charge in [-0.15, -0.1) is 25.3 Å². The Morgan fingerprint density at radius 1 is 0.800 bits per heavy atom. The fraction of sp³-hybridized carbons (Fsp3) is 0.310. The zero-order chi connectivity index (χ0) is 31.2. The minimum absolute atomic E-state index is 0.185. The van der Waals surface area contributed by atoms with E-state index in [-0.39, 0.29) is 10.2 Å². The number of nitrogens with one attached hydrogen (secondary N) is 1. The number of rotatable bonds is 6. The Balaban J connectivity index is -0.000000483. The van der Waals surface area contributed by atoms with Crippen LogP contribution in [0.25, 0.3) is 0 Å². The van der Waals surface area contributed by atoms with Crippen molar-refractivity contribution in [1.29, 1.82) is 0 Å². The van der Waals surface area contributed by atoms with Crippen LogP contribution >= 0.6 is 25.3 Å². The van der Waals surface area contributed by atoms with E-state index < -0.39 is 11.3 Å². The largest absolute Gasteiger partial charge is 0.760 e. The first-order valence-corrected chi connectivity index (χ1v) is 14.5. The van der Waals surface area contributed by atoms with E-state index in [9.17, 15) is 9.59 Å². The van der Waals surface area contributed by atoms with Crippen LogP contribution in [0.1, 0.15) is 60.7 Å². The highest BCUT2D eigenvalue weighted by atomic mass is 32.2. The van der Waals surface area contributed by atoms with Crippen LogP contribution in [0.15, 0.2) is 84.9 Å². The molecule has 0 bridgehead atoms. The molecule has 0 fully saturated rings. The molecule has 40 heavy (non-hydrogen) atoms. The van der Waals surface area contributed by atoms with Crippen molar-refractivity contribution in [2.75, 3.05) is 20.6 Å². The van der Waals surface area contributed by atoms with Gasteiger partial charge in [0.25, 0.3) is 0 Å². The standard InChI is InChI=1S/C13H10O2S.C7H6OS.C4H11N.C3H8.C2H7N.H3NO2S/c14-13(16)10-6-8-12(9-7-10)15-11-4-2-1-3-5-11;8-7(9)6-4-2-1-3-5-6;1-2-3-4-5;2*1-3-2;1-4(2)3/h1-9H,(H,14,16);1-5H,(H,8,9);2-5H2,1H3;3H2,1-2H3;3H,1-2H3;1H2,(H,2,3)/p-1. The Morgan fingerprint density at radius 2 is 1.12 bits per heavy atom. The number of carbonyl (C=O) groups is 2. The molecular weight excluding hydrogens is 567 g/mol. The molecule has 0 aromatic heterocycles. The van der Waals surface area contributed by atoms with Gasteiger partial charge in [0.2, 0.25) is 10.2 Å². The van der Waals surface area contributed by atoms with Crippen molar-refractivity contribution in [1.82, 2.24) is 5.32 Å². The number of thiol groups is 2. The van der Waals surface area contributed by atoms with Crippen molar-refractivity contribution in [3.8, 4) is 11.5 Å². The second-order valence-electron chi connectivity index (χ2n) is 7.53. The molecule has 0 aliphatic carbocycles. The monoisotopic (exact) mass is 610 g/mol. The molecule has 0 saturated carbocycles. The number of benzene rings is 3. The van der Waals surface area contributed by atoms with Crippen molar-refractivity contribution in [3.63, 3.8) is 0 Å². The lowest BCUT2D eigenvalue weighted by Crippen LogP contribution is -1.97. The predicted octanol–water partition coefficient (Wildman–Crippen LogP) is 6.04. The fourth-order valence-corrected chi connectivity index (χ4v) is 2.37. The number of unbranched alkanes of at least 4 members (excludes halogenated alkanes) is 1. The van der Waals surface area contributed by atoms with Crippen molar-refractivity contribution < 1.29 is 23.1 Å². The van der Waals surface area contributed by atoms with Crippen LogP contribution in [0.2, 0.25) is 0 Å². The van der Waals surface area contributed by atoms with E-state index in [1.54, 1.807) is 36.4 Å². The SMILES string of the molecule is CCC.CCCCN.CNC.NS(=O)[O-].O=C(S)c1ccc(Oc2ccccc2)cc1.O=C(S)c1ccccc1. The maximum atomic E-state index is 10.9. The van der Waals surface area contributed by atoms with E-state index in [1.807, 2.05) is 62.6 Å². The smallest absolute Gasteiger partial charge is 0.216 e. The molecule has 8 nitrogen and oxygen atoms in total. The molecule has 0 saturated heterocycles. The molecule has 3 rings (SSSR count). The number of hydrogen-bond acceptors (Lipinski definition) is 7. The molecule has 0 aliphatic heterocycles. The van der Waals surface area contributed by atoms with Crippen molar-refractivity contribution in [2.45, 2.75) is 40.0 Å².